The van der Waals surface area contributed by atoms with E-state index in [1.807, 2.05) is 24.1 Å². The molecule has 2 heterocycles. The molecule has 2 aromatic rings. The fourth-order valence-corrected chi connectivity index (χ4v) is 4.00. The highest BCUT2D eigenvalue weighted by Crippen LogP contribution is 2.26. The molecular formula is C21H26N4O4S. The van der Waals surface area contributed by atoms with Crippen LogP contribution in [0.15, 0.2) is 35.7 Å². The van der Waals surface area contributed by atoms with Crippen molar-refractivity contribution in [3.63, 3.8) is 0 Å². The molecule has 8 nitrogen and oxygen atoms in total. The summed E-state index contributed by atoms with van der Waals surface area (Å²) >= 11 is 1.32. The summed E-state index contributed by atoms with van der Waals surface area (Å²) in [6, 6.07) is 8.55. The molecule has 0 aliphatic carbocycles. The van der Waals surface area contributed by atoms with Gasteiger partial charge in [-0.1, -0.05) is 6.07 Å². The lowest BCUT2D eigenvalue weighted by molar-refractivity contribution is -0.122. The van der Waals surface area contributed by atoms with Crippen molar-refractivity contribution in [3.8, 4) is 0 Å². The molecule has 3 rings (SSSR count). The fourth-order valence-electron chi connectivity index (χ4n) is 3.38. The third-order valence-electron chi connectivity index (χ3n) is 4.76. The molecule has 2 amide bonds. The van der Waals surface area contributed by atoms with Crippen molar-refractivity contribution in [1.82, 2.24) is 10.2 Å². The highest BCUT2D eigenvalue weighted by Gasteiger charge is 2.23. The van der Waals surface area contributed by atoms with Gasteiger partial charge in [0.05, 0.1) is 22.7 Å². The molecule has 0 radical (unpaired) electrons. The molecule has 0 atom stereocenters. The van der Waals surface area contributed by atoms with Crippen LogP contribution in [0.25, 0.3) is 0 Å². The van der Waals surface area contributed by atoms with E-state index in [0.717, 1.165) is 0 Å². The Balaban J connectivity index is 1.65. The Labute approximate surface area is 179 Å². The summed E-state index contributed by atoms with van der Waals surface area (Å²) in [5.41, 5.74) is 1.20. The van der Waals surface area contributed by atoms with Crippen LogP contribution in [0.1, 0.15) is 33.9 Å². The lowest BCUT2D eigenvalue weighted by Crippen LogP contribution is -2.50. The van der Waals surface area contributed by atoms with Crippen LogP contribution >= 0.6 is 11.3 Å². The molecule has 0 spiro atoms. The number of nitrogens with one attached hydrogen (secondary N) is 2. The molecule has 1 saturated heterocycles. The molecular weight excluding hydrogens is 404 g/mol. The number of carbonyl (C=O) groups is 3. The Morgan fingerprint density at radius 1 is 1.13 bits per heavy atom. The van der Waals surface area contributed by atoms with Gasteiger partial charge in [-0.15, -0.1) is 11.3 Å². The summed E-state index contributed by atoms with van der Waals surface area (Å²) in [6.07, 6.45) is 0. The standard InChI is InChI=1S/C21H26N4O4S/c1-14(2)22-19(26)13-24-7-9-25(10-8-24)17-6-5-15(12-16(17)21(28)29)23-20(27)18-4-3-11-30-18/h3-6,11-12,14H,7-10,13H2,1-2H3,(H,22,26)(H,23,27)(H,28,29). The molecule has 30 heavy (non-hydrogen) atoms. The van der Waals surface area contributed by atoms with Crippen molar-refractivity contribution in [1.29, 1.82) is 0 Å². The third-order valence-corrected chi connectivity index (χ3v) is 5.63. The lowest BCUT2D eigenvalue weighted by Gasteiger charge is -2.36. The minimum atomic E-state index is -1.05. The Bertz CT molecular complexity index is 906. The number of carbonyl (C=O) groups excluding carboxylic acids is 2. The zero-order valence-electron chi connectivity index (χ0n) is 17.1. The van der Waals surface area contributed by atoms with Gasteiger partial charge in [0.2, 0.25) is 5.91 Å². The first-order chi connectivity index (χ1) is 14.3. The average molecular weight is 431 g/mol. The highest BCUT2D eigenvalue weighted by atomic mass is 32.1. The first-order valence-electron chi connectivity index (χ1n) is 9.82. The van der Waals surface area contributed by atoms with Crippen LogP contribution in [0, 0.1) is 0 Å². The van der Waals surface area contributed by atoms with Crippen molar-refractivity contribution in [2.45, 2.75) is 19.9 Å². The van der Waals surface area contributed by atoms with Gasteiger partial charge in [0, 0.05) is 37.9 Å². The van der Waals surface area contributed by atoms with Gasteiger partial charge in [0.1, 0.15) is 0 Å². The predicted molar refractivity (Wildman–Crippen MR) is 118 cm³/mol. The quantitative estimate of drug-likeness (QED) is 0.623. The van der Waals surface area contributed by atoms with Crippen molar-refractivity contribution in [2.24, 2.45) is 0 Å². The van der Waals surface area contributed by atoms with Gasteiger partial charge in [-0.3, -0.25) is 14.5 Å². The number of benzene rings is 1. The second kappa shape index (κ2) is 9.73. The summed E-state index contributed by atoms with van der Waals surface area (Å²) in [5, 5.41) is 17.1. The normalized spacial score (nSPS) is 14.6. The smallest absolute Gasteiger partial charge is 0.337 e. The zero-order valence-corrected chi connectivity index (χ0v) is 17.9. The van der Waals surface area contributed by atoms with Gasteiger partial charge in [-0.25, -0.2) is 4.79 Å². The molecule has 0 saturated carbocycles. The number of anilines is 2. The second-order valence-corrected chi connectivity index (χ2v) is 8.40. The van der Waals surface area contributed by atoms with Crippen LogP contribution < -0.4 is 15.5 Å². The van der Waals surface area contributed by atoms with Gasteiger partial charge in [0.25, 0.3) is 5.91 Å². The predicted octanol–water partition coefficient (Wildman–Crippen LogP) is 2.35. The maximum atomic E-state index is 12.2. The largest absolute Gasteiger partial charge is 0.478 e. The van der Waals surface area contributed by atoms with Gasteiger partial charge in [0.15, 0.2) is 0 Å². The Morgan fingerprint density at radius 2 is 1.87 bits per heavy atom. The summed E-state index contributed by atoms with van der Waals surface area (Å²) in [5.74, 6) is -1.31. The number of piperazine rings is 1. The molecule has 1 aliphatic rings. The minimum Gasteiger partial charge on any atom is -0.478 e. The number of thiophene rings is 1. The Morgan fingerprint density at radius 3 is 2.47 bits per heavy atom. The van der Waals surface area contributed by atoms with Gasteiger partial charge < -0.3 is 20.6 Å². The number of carboxylic acid groups (broad SMARTS) is 1. The van der Waals surface area contributed by atoms with Crippen molar-refractivity contribution in [3.05, 3.63) is 46.2 Å². The summed E-state index contributed by atoms with van der Waals surface area (Å²) in [4.78, 5) is 40.7. The summed E-state index contributed by atoms with van der Waals surface area (Å²) < 4.78 is 0. The van der Waals surface area contributed by atoms with Crippen molar-refractivity contribution >= 4 is 40.5 Å². The second-order valence-electron chi connectivity index (χ2n) is 7.45. The average Bonchev–Trinajstić information content (AvgIpc) is 3.23. The van der Waals surface area contributed by atoms with Crippen molar-refractivity contribution in [2.75, 3.05) is 42.9 Å². The first-order valence-corrected chi connectivity index (χ1v) is 10.7. The number of amides is 2. The number of nitrogens with zero attached hydrogens (tertiary/aromatic N) is 2. The van der Waals surface area contributed by atoms with E-state index in [1.54, 1.807) is 24.3 Å². The molecule has 0 bridgehead atoms. The monoisotopic (exact) mass is 430 g/mol. The van der Waals surface area contributed by atoms with Crippen molar-refractivity contribution < 1.29 is 19.5 Å². The van der Waals surface area contributed by atoms with Crippen LogP contribution in [0.5, 0.6) is 0 Å². The first kappa shape index (κ1) is 21.8. The van der Waals surface area contributed by atoms with E-state index in [9.17, 15) is 19.5 Å². The van der Waals surface area contributed by atoms with E-state index in [-0.39, 0.29) is 23.4 Å². The van der Waals surface area contributed by atoms with Gasteiger partial charge in [-0.2, -0.15) is 0 Å². The number of carboxylic acids is 1. The molecule has 1 aromatic heterocycles. The van der Waals surface area contributed by atoms with Crippen LogP contribution in [-0.2, 0) is 4.79 Å². The fraction of sp³-hybridized carbons (Fsp3) is 0.381. The van der Waals surface area contributed by atoms with E-state index >= 15 is 0 Å². The van der Waals surface area contributed by atoms with Crippen LogP contribution in [0.3, 0.4) is 0 Å². The van der Waals surface area contributed by atoms with Gasteiger partial charge >= 0.3 is 5.97 Å². The number of aromatic carboxylic acids is 1. The molecule has 1 fully saturated rings. The zero-order chi connectivity index (χ0) is 21.7. The summed E-state index contributed by atoms with van der Waals surface area (Å²) in [7, 11) is 0. The highest BCUT2D eigenvalue weighted by molar-refractivity contribution is 7.12. The number of hydrogen-bond donors (Lipinski definition) is 3. The molecule has 0 unspecified atom stereocenters. The van der Waals surface area contributed by atoms with Crippen LogP contribution in [-0.4, -0.2) is 66.6 Å². The Kier molecular flexibility index (Phi) is 7.07. The van der Waals surface area contributed by atoms with E-state index in [1.165, 1.54) is 17.4 Å². The van der Waals surface area contributed by atoms with E-state index < -0.39 is 5.97 Å². The van der Waals surface area contributed by atoms with E-state index in [2.05, 4.69) is 15.5 Å². The lowest BCUT2D eigenvalue weighted by atomic mass is 10.1. The van der Waals surface area contributed by atoms with Gasteiger partial charge in [-0.05, 0) is 43.5 Å². The Hall–Kier alpha value is -2.91. The maximum Gasteiger partial charge on any atom is 0.337 e. The van der Waals surface area contributed by atoms with Crippen LogP contribution in [0.4, 0.5) is 11.4 Å². The molecule has 9 heteroatoms. The molecule has 160 valence electrons. The SMILES string of the molecule is CC(C)NC(=O)CN1CCN(c2ccc(NC(=O)c3cccs3)cc2C(=O)O)CC1. The summed E-state index contributed by atoms with van der Waals surface area (Å²) in [6.45, 7) is 6.77. The minimum absolute atomic E-state index is 0.00416. The number of hydrogen-bond acceptors (Lipinski definition) is 6. The maximum absolute atomic E-state index is 12.2. The van der Waals surface area contributed by atoms with E-state index in [4.69, 9.17) is 0 Å². The third kappa shape index (κ3) is 5.58. The van der Waals surface area contributed by atoms with E-state index in [0.29, 0.717) is 49.0 Å². The topological polar surface area (TPSA) is 102 Å². The molecule has 3 N–H and O–H groups in total. The van der Waals surface area contributed by atoms with Crippen LogP contribution in [0.2, 0.25) is 0 Å². The molecule has 1 aliphatic heterocycles. The molecule has 1 aromatic carbocycles. The number of rotatable bonds is 7.